The summed E-state index contributed by atoms with van der Waals surface area (Å²) in [6.07, 6.45) is 1.92. The normalized spacial score (nSPS) is 32.9. The van der Waals surface area contributed by atoms with E-state index in [1.807, 2.05) is 6.07 Å². The third-order valence-corrected chi connectivity index (χ3v) is 4.50. The molecule has 2 saturated heterocycles. The van der Waals surface area contributed by atoms with Gasteiger partial charge in [0.15, 0.2) is 0 Å². The Bertz CT molecular complexity index is 447. The first-order chi connectivity index (χ1) is 10.1. The van der Waals surface area contributed by atoms with Crippen LogP contribution >= 0.6 is 0 Å². The summed E-state index contributed by atoms with van der Waals surface area (Å²) < 4.78 is 0. The number of benzene rings is 1. The highest BCUT2D eigenvalue weighted by Gasteiger charge is 2.33. The van der Waals surface area contributed by atoms with Gasteiger partial charge in [-0.25, -0.2) is 5.43 Å². The van der Waals surface area contributed by atoms with Crippen molar-refractivity contribution in [3.63, 3.8) is 0 Å². The van der Waals surface area contributed by atoms with Gasteiger partial charge in [0.25, 0.3) is 0 Å². The van der Waals surface area contributed by atoms with Crippen molar-refractivity contribution in [1.29, 1.82) is 0 Å². The Morgan fingerprint density at radius 1 is 1.29 bits per heavy atom. The molecule has 2 heterocycles. The lowest BCUT2D eigenvalue weighted by atomic mass is 10.0. The first-order valence-corrected chi connectivity index (χ1v) is 7.82. The average Bonchev–Trinajstić information content (AvgIpc) is 3.09. The summed E-state index contributed by atoms with van der Waals surface area (Å²) in [5.74, 6) is 0. The van der Waals surface area contributed by atoms with Crippen molar-refractivity contribution in [2.45, 2.75) is 30.5 Å². The maximum absolute atomic E-state index is 10.4. The molecule has 0 spiro atoms. The molecule has 0 saturated carbocycles. The third kappa shape index (κ3) is 3.81. The maximum Gasteiger partial charge on any atom is 0.0909 e. The molecule has 3 rings (SSSR count). The Hall–Kier alpha value is -0.980. The molecule has 2 aliphatic heterocycles. The van der Waals surface area contributed by atoms with Crippen molar-refractivity contribution >= 4 is 0 Å². The summed E-state index contributed by atoms with van der Waals surface area (Å²) in [6.45, 7) is 3.30. The molecule has 0 amide bonds. The van der Waals surface area contributed by atoms with Crippen molar-refractivity contribution in [2.75, 3.05) is 33.2 Å². The van der Waals surface area contributed by atoms with Crippen LogP contribution in [0.25, 0.3) is 0 Å². The predicted molar refractivity (Wildman–Crippen MR) is 83.8 cm³/mol. The zero-order chi connectivity index (χ0) is 14.7. The van der Waals surface area contributed by atoms with Crippen LogP contribution in [0.2, 0.25) is 0 Å². The quantitative estimate of drug-likeness (QED) is 0.626. The molecule has 0 radical (unpaired) electrons. The van der Waals surface area contributed by atoms with Crippen LogP contribution in [0.3, 0.4) is 0 Å². The van der Waals surface area contributed by atoms with E-state index in [-0.39, 0.29) is 0 Å². The molecule has 0 aromatic heterocycles. The molecule has 5 heteroatoms. The fourth-order valence-electron chi connectivity index (χ4n) is 3.45. The number of rotatable bonds is 5. The smallest absolute Gasteiger partial charge is 0.0909 e. The number of likely N-dealkylation sites (N-methyl/N-ethyl adjacent to an activating group) is 1. The van der Waals surface area contributed by atoms with Gasteiger partial charge in [-0.3, -0.25) is 5.43 Å². The van der Waals surface area contributed by atoms with Crippen molar-refractivity contribution in [3.05, 3.63) is 35.9 Å². The van der Waals surface area contributed by atoms with Gasteiger partial charge < -0.3 is 15.3 Å². The number of hydrogen-bond donors (Lipinski definition) is 4. The summed E-state index contributed by atoms with van der Waals surface area (Å²) >= 11 is 0. The Morgan fingerprint density at radius 2 is 2.10 bits per heavy atom. The summed E-state index contributed by atoms with van der Waals surface area (Å²) in [5.41, 5.74) is 7.54. The third-order valence-electron chi connectivity index (χ3n) is 4.50. The summed E-state index contributed by atoms with van der Waals surface area (Å²) in [6, 6.07) is 11.3. The first kappa shape index (κ1) is 14.9. The fourth-order valence-corrected chi connectivity index (χ4v) is 3.45. The minimum absolute atomic E-state index is 0.376. The van der Waals surface area contributed by atoms with Gasteiger partial charge in [0.05, 0.1) is 5.60 Å². The molecule has 2 fully saturated rings. The van der Waals surface area contributed by atoms with Crippen LogP contribution in [0, 0.1) is 0 Å². The standard InChI is InChI=1S/C16H26N4O/c1-20(12-16(21)7-8-17-11-16)10-14-9-15(19-18-14)13-5-3-2-4-6-13/h2-6,14-15,17-19,21H,7-12H2,1H3. The average molecular weight is 290 g/mol. The Balaban J connectivity index is 1.48. The molecule has 1 aromatic carbocycles. The van der Waals surface area contributed by atoms with E-state index in [2.05, 4.69) is 52.4 Å². The van der Waals surface area contributed by atoms with Gasteiger partial charge in [0, 0.05) is 31.7 Å². The van der Waals surface area contributed by atoms with Crippen LogP contribution in [-0.2, 0) is 0 Å². The molecule has 5 nitrogen and oxygen atoms in total. The lowest BCUT2D eigenvalue weighted by Crippen LogP contribution is -2.47. The highest BCUT2D eigenvalue weighted by atomic mass is 16.3. The summed E-state index contributed by atoms with van der Waals surface area (Å²) in [5, 5.41) is 13.7. The fraction of sp³-hybridized carbons (Fsp3) is 0.625. The predicted octanol–water partition coefficient (Wildman–Crippen LogP) is 0.250. The number of aliphatic hydroxyl groups is 1. The number of hydrogen-bond acceptors (Lipinski definition) is 5. The molecule has 21 heavy (non-hydrogen) atoms. The molecule has 1 aromatic rings. The molecule has 3 unspecified atom stereocenters. The van der Waals surface area contributed by atoms with E-state index in [0.717, 1.165) is 32.5 Å². The minimum atomic E-state index is -0.556. The van der Waals surface area contributed by atoms with Gasteiger partial charge in [-0.2, -0.15) is 0 Å². The number of β-amino-alcohol motifs (C(OH)–C–C–N with tert-alkyl or cyclic N) is 1. The molecule has 0 bridgehead atoms. The van der Waals surface area contributed by atoms with Crippen molar-refractivity contribution in [1.82, 2.24) is 21.1 Å². The van der Waals surface area contributed by atoms with E-state index >= 15 is 0 Å². The highest BCUT2D eigenvalue weighted by Crippen LogP contribution is 2.22. The van der Waals surface area contributed by atoms with Gasteiger partial charge in [-0.15, -0.1) is 0 Å². The lowest BCUT2D eigenvalue weighted by Gasteiger charge is -2.29. The van der Waals surface area contributed by atoms with E-state index in [1.54, 1.807) is 0 Å². The van der Waals surface area contributed by atoms with Gasteiger partial charge in [0.2, 0.25) is 0 Å². The maximum atomic E-state index is 10.4. The second-order valence-corrected chi connectivity index (χ2v) is 6.53. The monoisotopic (exact) mass is 290 g/mol. The van der Waals surface area contributed by atoms with Crippen LogP contribution in [0.5, 0.6) is 0 Å². The molecule has 4 N–H and O–H groups in total. The summed E-state index contributed by atoms with van der Waals surface area (Å²) in [7, 11) is 2.09. The van der Waals surface area contributed by atoms with Gasteiger partial charge in [0.1, 0.15) is 0 Å². The van der Waals surface area contributed by atoms with E-state index in [0.29, 0.717) is 18.6 Å². The molecular formula is C16H26N4O. The van der Waals surface area contributed by atoms with Crippen LogP contribution in [-0.4, -0.2) is 54.9 Å². The molecule has 116 valence electrons. The second-order valence-electron chi connectivity index (χ2n) is 6.53. The number of hydrazine groups is 1. The van der Waals surface area contributed by atoms with Crippen LogP contribution in [0.15, 0.2) is 30.3 Å². The Kier molecular flexibility index (Phi) is 4.57. The highest BCUT2D eigenvalue weighted by molar-refractivity contribution is 5.20. The van der Waals surface area contributed by atoms with Gasteiger partial charge >= 0.3 is 0 Å². The van der Waals surface area contributed by atoms with E-state index in [9.17, 15) is 5.11 Å². The summed E-state index contributed by atoms with van der Waals surface area (Å²) in [4.78, 5) is 2.24. The largest absolute Gasteiger partial charge is 0.387 e. The van der Waals surface area contributed by atoms with Crippen molar-refractivity contribution in [3.8, 4) is 0 Å². The van der Waals surface area contributed by atoms with Crippen molar-refractivity contribution < 1.29 is 5.11 Å². The van der Waals surface area contributed by atoms with E-state index in [1.165, 1.54) is 5.56 Å². The molecular weight excluding hydrogens is 264 g/mol. The number of nitrogens with one attached hydrogen (secondary N) is 3. The van der Waals surface area contributed by atoms with Crippen LogP contribution < -0.4 is 16.2 Å². The number of nitrogens with zero attached hydrogens (tertiary/aromatic N) is 1. The second kappa shape index (κ2) is 6.42. The van der Waals surface area contributed by atoms with E-state index < -0.39 is 5.60 Å². The van der Waals surface area contributed by atoms with Crippen LogP contribution in [0.1, 0.15) is 24.4 Å². The Morgan fingerprint density at radius 3 is 2.81 bits per heavy atom. The topological polar surface area (TPSA) is 59.6 Å². The zero-order valence-electron chi connectivity index (χ0n) is 12.7. The molecule has 2 aliphatic rings. The van der Waals surface area contributed by atoms with Crippen molar-refractivity contribution in [2.24, 2.45) is 0 Å². The Labute approximate surface area is 126 Å². The van der Waals surface area contributed by atoms with Gasteiger partial charge in [-0.05, 0) is 32.0 Å². The zero-order valence-corrected chi connectivity index (χ0v) is 12.7. The minimum Gasteiger partial charge on any atom is -0.387 e. The van der Waals surface area contributed by atoms with Gasteiger partial charge in [-0.1, -0.05) is 30.3 Å². The lowest BCUT2D eigenvalue weighted by molar-refractivity contribution is 0.0264. The molecule has 0 aliphatic carbocycles. The SMILES string of the molecule is CN(CC1CC(c2ccccc2)NN1)CC1(O)CCNC1. The van der Waals surface area contributed by atoms with E-state index in [4.69, 9.17) is 0 Å². The first-order valence-electron chi connectivity index (χ1n) is 7.82. The van der Waals surface area contributed by atoms with Crippen LogP contribution in [0.4, 0.5) is 0 Å². The molecule has 3 atom stereocenters.